The van der Waals surface area contributed by atoms with Gasteiger partial charge in [-0.3, -0.25) is 4.98 Å². The van der Waals surface area contributed by atoms with Crippen LogP contribution in [0.2, 0.25) is 5.02 Å². The van der Waals surface area contributed by atoms with Gasteiger partial charge >= 0.3 is 17.1 Å². The second kappa shape index (κ2) is 12.0. The maximum Gasteiger partial charge on any atom is 2.00 e. The van der Waals surface area contributed by atoms with Crippen molar-refractivity contribution in [2.75, 3.05) is 32.5 Å². The van der Waals surface area contributed by atoms with E-state index in [1.54, 1.807) is 12.3 Å². The summed E-state index contributed by atoms with van der Waals surface area (Å²) < 4.78 is 16.1. The average molecular weight is 436 g/mol. The summed E-state index contributed by atoms with van der Waals surface area (Å²) in [5, 5.41) is 4.68. The first-order valence-electron chi connectivity index (χ1n) is 9.80. The van der Waals surface area contributed by atoms with Crippen LogP contribution in [0, 0.1) is 63.2 Å². The Hall–Kier alpha value is -0.801. The van der Waals surface area contributed by atoms with Crippen LogP contribution in [0.3, 0.4) is 0 Å². The summed E-state index contributed by atoms with van der Waals surface area (Å²) in [6.07, 6.45) is 16.1. The molecule has 5 heteroatoms. The number of rotatable bonds is 5. The van der Waals surface area contributed by atoms with Crippen molar-refractivity contribution in [3.8, 4) is 0 Å². The molecular formula is C23H24ClFeN3+2. The summed E-state index contributed by atoms with van der Waals surface area (Å²) in [5.74, 6) is 2.15. The molecule has 0 unspecified atom stereocenters. The zero-order chi connectivity index (χ0) is 20.8. The first-order chi connectivity index (χ1) is 14.0. The predicted octanol–water partition coefficient (Wildman–Crippen LogP) is 4.66. The van der Waals surface area contributed by atoms with Crippen molar-refractivity contribution in [3.05, 3.63) is 98.6 Å². The molecule has 0 amide bonds. The van der Waals surface area contributed by atoms with Gasteiger partial charge in [0.1, 0.15) is 0 Å². The molecule has 144 valence electrons. The Labute approximate surface area is 188 Å². The van der Waals surface area contributed by atoms with Crippen molar-refractivity contribution in [1.29, 1.82) is 0 Å². The van der Waals surface area contributed by atoms with E-state index in [1.807, 2.05) is 71.2 Å². The number of pyridine rings is 1. The Kier molecular flexibility index (Phi) is 8.79. The number of benzene rings is 1. The van der Waals surface area contributed by atoms with Gasteiger partial charge in [0.25, 0.3) is 0 Å². The van der Waals surface area contributed by atoms with Gasteiger partial charge in [-0.25, -0.2) is 0 Å². The molecular weight excluding hydrogens is 410 g/mol. The van der Waals surface area contributed by atoms with Gasteiger partial charge in [0.05, 0.1) is 6.89 Å². The van der Waals surface area contributed by atoms with Gasteiger partial charge in [-0.1, -0.05) is 11.6 Å². The topological polar surface area (TPSA) is 28.2 Å². The smallest absolute Gasteiger partial charge is 0.384 e. The number of anilines is 1. The fraction of sp³-hybridized carbons (Fsp3) is 0.174. The minimum atomic E-state index is 0. The summed E-state index contributed by atoms with van der Waals surface area (Å²) in [7, 11) is 4.00. The summed E-state index contributed by atoms with van der Waals surface area (Å²) >= 11 is 6.01. The molecule has 1 aromatic carbocycles. The molecule has 10 radical (unpaired) electrons. The Bertz CT molecular complexity index is 794. The van der Waals surface area contributed by atoms with E-state index >= 15 is 0 Å². The minimum absolute atomic E-state index is 0. The number of hydrogen-bond acceptors (Lipinski definition) is 3. The van der Waals surface area contributed by atoms with E-state index in [1.165, 1.54) is 0 Å². The van der Waals surface area contributed by atoms with E-state index in [-0.39, 0.29) is 23.1 Å². The fourth-order valence-corrected chi connectivity index (χ4v) is 2.94. The van der Waals surface area contributed by atoms with Crippen LogP contribution in [0.15, 0.2) is 30.4 Å². The van der Waals surface area contributed by atoms with Crippen molar-refractivity contribution >= 4 is 28.2 Å². The number of nitrogens with one attached hydrogen (secondary N) is 1. The summed E-state index contributed by atoms with van der Waals surface area (Å²) in [6, 6.07) is 5.74. The standard InChI is InChI=1S/C18H19ClN3.C5H5.Fe/c1-22(2)12-14-5-3-4-13(14)11-21-17-8-9-20-18-10-15(19)6-7-16(17)18;1-2-4-5-3-1;/h3-10H,11-12H2,1-2H3,(H,20,21);1-5H;/q;;+2/i5D,10D;;. The second-order valence-electron chi connectivity index (χ2n) is 6.46. The van der Waals surface area contributed by atoms with Crippen LogP contribution in [0.4, 0.5) is 5.69 Å². The van der Waals surface area contributed by atoms with Crippen LogP contribution in [0.25, 0.3) is 10.9 Å². The van der Waals surface area contributed by atoms with Crippen LogP contribution in [0.1, 0.15) is 2.74 Å². The van der Waals surface area contributed by atoms with E-state index in [0.717, 1.165) is 29.5 Å². The van der Waals surface area contributed by atoms with Crippen LogP contribution >= 0.6 is 11.6 Å². The Morgan fingerprint density at radius 1 is 1.04 bits per heavy atom. The summed E-state index contributed by atoms with van der Waals surface area (Å²) in [4.78, 5) is 6.33. The number of fused-ring (bicyclic) bond motifs is 1. The predicted molar refractivity (Wildman–Crippen MR) is 115 cm³/mol. The van der Waals surface area contributed by atoms with E-state index in [9.17, 15) is 0 Å². The molecule has 1 N–H and O–H groups in total. The van der Waals surface area contributed by atoms with Gasteiger partial charge in [-0.2, -0.15) is 0 Å². The third-order valence-corrected chi connectivity index (χ3v) is 4.27. The Morgan fingerprint density at radius 3 is 2.43 bits per heavy atom. The van der Waals surface area contributed by atoms with Crippen molar-refractivity contribution in [2.24, 2.45) is 0 Å². The van der Waals surface area contributed by atoms with Gasteiger partial charge < -0.3 is 10.2 Å². The van der Waals surface area contributed by atoms with Crippen LogP contribution < -0.4 is 5.32 Å². The van der Waals surface area contributed by atoms with Crippen molar-refractivity contribution in [1.82, 2.24) is 9.88 Å². The van der Waals surface area contributed by atoms with E-state index in [2.05, 4.69) is 15.2 Å². The largest absolute Gasteiger partial charge is 2.00 e. The van der Waals surface area contributed by atoms with E-state index in [0.29, 0.717) is 23.5 Å². The zero-order valence-electron chi connectivity index (χ0n) is 17.9. The van der Waals surface area contributed by atoms with Gasteiger partial charge in [0, 0.05) is 48.6 Å². The first-order valence-corrected chi connectivity index (χ1v) is 9.18. The normalized spacial score (nSPS) is 19.1. The average Bonchev–Trinajstić information content (AvgIpc) is 3.38. The van der Waals surface area contributed by atoms with E-state index in [4.69, 9.17) is 14.3 Å². The monoisotopic (exact) mass is 435 g/mol. The van der Waals surface area contributed by atoms with Gasteiger partial charge in [-0.15, -0.1) is 0 Å². The molecule has 2 aromatic rings. The van der Waals surface area contributed by atoms with Gasteiger partial charge in [0.2, 0.25) is 0 Å². The maximum atomic E-state index is 8.05. The number of halogens is 1. The van der Waals surface area contributed by atoms with Crippen molar-refractivity contribution in [2.45, 2.75) is 0 Å². The molecule has 1 heterocycles. The summed E-state index contributed by atoms with van der Waals surface area (Å²) in [5.41, 5.74) is 1.50. The fourth-order valence-electron chi connectivity index (χ4n) is 2.78. The quantitative estimate of drug-likeness (QED) is 0.693. The minimum Gasteiger partial charge on any atom is -0.384 e. The third-order valence-electron chi connectivity index (χ3n) is 4.05. The second-order valence-corrected chi connectivity index (χ2v) is 6.87. The van der Waals surface area contributed by atoms with Crippen LogP contribution in [-0.4, -0.2) is 37.1 Å². The molecule has 28 heavy (non-hydrogen) atoms. The molecule has 4 rings (SSSR count). The molecule has 2 aliphatic rings. The number of aromatic nitrogens is 1. The molecule has 0 bridgehead atoms. The molecule has 0 atom stereocenters. The number of hydrogen-bond donors (Lipinski definition) is 1. The Morgan fingerprint density at radius 2 is 1.75 bits per heavy atom. The summed E-state index contributed by atoms with van der Waals surface area (Å²) in [6.45, 7) is 1.36. The SMILES string of the molecule is [2H][C]1[CH][CH][C](CNc2ccnc3c([2H])c(Cl)ccc23)[C]1CN(C)C.[CH]1[CH][CH][CH][CH]1.[Fe+2]. The Balaban J connectivity index is 0.000000468. The molecule has 3 nitrogen and oxygen atoms in total. The van der Waals surface area contributed by atoms with Crippen molar-refractivity contribution < 1.29 is 19.8 Å². The third kappa shape index (κ3) is 6.91. The number of nitrogens with zero attached hydrogens (tertiary/aromatic N) is 2. The molecule has 2 saturated carbocycles. The van der Waals surface area contributed by atoms with E-state index < -0.39 is 0 Å². The molecule has 1 aromatic heterocycles. The molecule has 0 aliphatic heterocycles. The van der Waals surface area contributed by atoms with Gasteiger partial charge in [0.15, 0.2) is 0 Å². The molecule has 0 saturated heterocycles. The van der Waals surface area contributed by atoms with Crippen molar-refractivity contribution in [3.63, 3.8) is 0 Å². The van der Waals surface area contributed by atoms with Crippen LogP contribution in [0.5, 0.6) is 0 Å². The maximum absolute atomic E-state index is 8.05. The zero-order valence-corrected chi connectivity index (χ0v) is 17.8. The molecule has 2 fully saturated rings. The van der Waals surface area contributed by atoms with Gasteiger partial charge in [-0.05, 0) is 89.7 Å². The molecule has 2 aliphatic carbocycles. The molecule has 0 spiro atoms. The first kappa shape index (κ1) is 20.5. The van der Waals surface area contributed by atoms with Crippen LogP contribution in [-0.2, 0) is 17.1 Å².